The van der Waals surface area contributed by atoms with Gasteiger partial charge in [0.2, 0.25) is 5.91 Å². The fraction of sp³-hybridized carbons (Fsp3) is 0.533. The van der Waals surface area contributed by atoms with Gasteiger partial charge in [-0.25, -0.2) is 0 Å². The van der Waals surface area contributed by atoms with Gasteiger partial charge in [-0.3, -0.25) is 9.69 Å². The number of carbonyl (C=O) groups excluding carboxylic acids is 1. The average molecular weight is 261 g/mol. The molecule has 3 N–H and O–H groups in total. The maximum Gasteiger partial charge on any atom is 0.238 e. The summed E-state index contributed by atoms with van der Waals surface area (Å²) in [5.41, 5.74) is 6.60. The number of anilines is 1. The highest BCUT2D eigenvalue weighted by Crippen LogP contribution is 2.21. The summed E-state index contributed by atoms with van der Waals surface area (Å²) in [6.07, 6.45) is 1.09. The van der Waals surface area contributed by atoms with E-state index in [2.05, 4.69) is 17.1 Å². The van der Waals surface area contributed by atoms with E-state index < -0.39 is 0 Å². The zero-order valence-electron chi connectivity index (χ0n) is 11.5. The topological polar surface area (TPSA) is 58.4 Å². The van der Waals surface area contributed by atoms with Crippen LogP contribution in [0.2, 0.25) is 0 Å². The van der Waals surface area contributed by atoms with Crippen molar-refractivity contribution in [2.75, 3.05) is 31.5 Å². The van der Waals surface area contributed by atoms with Gasteiger partial charge in [0.15, 0.2) is 0 Å². The predicted octanol–water partition coefficient (Wildman–Crippen LogP) is 1.54. The van der Waals surface area contributed by atoms with Crippen LogP contribution in [-0.2, 0) is 4.79 Å². The van der Waals surface area contributed by atoms with Crippen molar-refractivity contribution in [2.24, 2.45) is 17.6 Å². The molecule has 0 spiro atoms. The molecule has 2 rings (SSSR count). The number of likely N-dealkylation sites (tertiary alicyclic amines) is 1. The lowest BCUT2D eigenvalue weighted by Crippen LogP contribution is -2.44. The third-order valence-electron chi connectivity index (χ3n) is 3.89. The summed E-state index contributed by atoms with van der Waals surface area (Å²) in [6.45, 7) is 5.37. The van der Waals surface area contributed by atoms with Gasteiger partial charge in [-0.05, 0) is 43.5 Å². The van der Waals surface area contributed by atoms with Crippen molar-refractivity contribution in [3.8, 4) is 0 Å². The second-order valence-electron chi connectivity index (χ2n) is 5.41. The number of para-hydroxylation sites is 1. The molecule has 1 fully saturated rings. The fourth-order valence-electron chi connectivity index (χ4n) is 2.70. The molecule has 1 aliphatic rings. The minimum Gasteiger partial charge on any atom is -0.330 e. The molecule has 1 amide bonds. The standard InChI is InChI=1S/C15H23N3O/c1-12-10-18(8-7-13(12)9-16)11-15(19)17-14-5-3-2-4-6-14/h2-6,12-13H,7-11,16H2,1H3,(H,17,19). The van der Waals surface area contributed by atoms with Gasteiger partial charge in [0.1, 0.15) is 0 Å². The van der Waals surface area contributed by atoms with Crippen molar-refractivity contribution in [1.82, 2.24) is 4.90 Å². The van der Waals surface area contributed by atoms with Crippen LogP contribution in [0, 0.1) is 11.8 Å². The SMILES string of the molecule is CC1CN(CC(=O)Nc2ccccc2)CCC1CN. The van der Waals surface area contributed by atoms with Gasteiger partial charge in [0, 0.05) is 12.2 Å². The molecule has 0 bridgehead atoms. The molecule has 1 saturated heterocycles. The van der Waals surface area contributed by atoms with E-state index in [1.807, 2.05) is 30.3 Å². The normalized spacial score (nSPS) is 24.1. The summed E-state index contributed by atoms with van der Waals surface area (Å²) in [5, 5.41) is 2.92. The van der Waals surface area contributed by atoms with E-state index in [9.17, 15) is 4.79 Å². The van der Waals surface area contributed by atoms with E-state index in [0.717, 1.165) is 31.7 Å². The molecule has 4 nitrogen and oxygen atoms in total. The highest BCUT2D eigenvalue weighted by Gasteiger charge is 2.25. The number of rotatable bonds is 4. The van der Waals surface area contributed by atoms with Crippen LogP contribution >= 0.6 is 0 Å². The van der Waals surface area contributed by atoms with Crippen molar-refractivity contribution < 1.29 is 4.79 Å². The maximum absolute atomic E-state index is 12.0. The highest BCUT2D eigenvalue weighted by molar-refractivity contribution is 5.92. The minimum atomic E-state index is 0.0598. The monoisotopic (exact) mass is 261 g/mol. The van der Waals surface area contributed by atoms with E-state index >= 15 is 0 Å². The molecule has 0 radical (unpaired) electrons. The molecule has 0 saturated carbocycles. The lowest BCUT2D eigenvalue weighted by Gasteiger charge is -2.35. The summed E-state index contributed by atoms with van der Waals surface area (Å²) in [6, 6.07) is 9.59. The van der Waals surface area contributed by atoms with Gasteiger partial charge in [0.05, 0.1) is 6.54 Å². The van der Waals surface area contributed by atoms with Gasteiger partial charge < -0.3 is 11.1 Å². The summed E-state index contributed by atoms with van der Waals surface area (Å²) in [7, 11) is 0. The predicted molar refractivity (Wildman–Crippen MR) is 77.8 cm³/mol. The Morgan fingerprint density at radius 3 is 2.79 bits per heavy atom. The fourth-order valence-corrected chi connectivity index (χ4v) is 2.70. The van der Waals surface area contributed by atoms with Crippen LogP contribution < -0.4 is 11.1 Å². The molecular weight excluding hydrogens is 238 g/mol. The zero-order chi connectivity index (χ0) is 13.7. The van der Waals surface area contributed by atoms with Crippen molar-refractivity contribution in [2.45, 2.75) is 13.3 Å². The Bertz CT molecular complexity index is 407. The van der Waals surface area contributed by atoms with Crippen molar-refractivity contribution in [3.63, 3.8) is 0 Å². The molecule has 104 valence electrons. The number of carbonyl (C=O) groups is 1. The molecule has 0 aromatic heterocycles. The van der Waals surface area contributed by atoms with Crippen molar-refractivity contribution in [1.29, 1.82) is 0 Å². The lowest BCUT2D eigenvalue weighted by molar-refractivity contribution is -0.117. The van der Waals surface area contributed by atoms with E-state index in [1.165, 1.54) is 0 Å². The van der Waals surface area contributed by atoms with Crippen LogP contribution in [0.5, 0.6) is 0 Å². The first kappa shape index (κ1) is 14.0. The van der Waals surface area contributed by atoms with Gasteiger partial charge in [0.25, 0.3) is 0 Å². The number of hydrogen-bond acceptors (Lipinski definition) is 3. The van der Waals surface area contributed by atoms with Crippen LogP contribution in [-0.4, -0.2) is 37.0 Å². The molecule has 1 aromatic rings. The lowest BCUT2D eigenvalue weighted by atomic mass is 9.87. The number of hydrogen-bond donors (Lipinski definition) is 2. The van der Waals surface area contributed by atoms with Gasteiger partial charge in [-0.1, -0.05) is 25.1 Å². The summed E-state index contributed by atoms with van der Waals surface area (Å²) < 4.78 is 0. The van der Waals surface area contributed by atoms with Crippen LogP contribution in [0.3, 0.4) is 0 Å². The number of benzene rings is 1. The third-order valence-corrected chi connectivity index (χ3v) is 3.89. The first-order valence-electron chi connectivity index (χ1n) is 6.96. The molecule has 1 heterocycles. The van der Waals surface area contributed by atoms with E-state index in [0.29, 0.717) is 18.4 Å². The summed E-state index contributed by atoms with van der Waals surface area (Å²) in [5.74, 6) is 1.24. The Hall–Kier alpha value is -1.39. The Balaban J connectivity index is 1.80. The Morgan fingerprint density at radius 2 is 2.16 bits per heavy atom. The first-order chi connectivity index (χ1) is 9.19. The Kier molecular flexibility index (Phi) is 4.93. The van der Waals surface area contributed by atoms with Crippen LogP contribution in [0.15, 0.2) is 30.3 Å². The van der Waals surface area contributed by atoms with Gasteiger partial charge in [-0.2, -0.15) is 0 Å². The minimum absolute atomic E-state index is 0.0598. The van der Waals surface area contributed by atoms with E-state index in [-0.39, 0.29) is 5.91 Å². The molecule has 2 atom stereocenters. The van der Waals surface area contributed by atoms with E-state index in [1.54, 1.807) is 0 Å². The smallest absolute Gasteiger partial charge is 0.238 e. The van der Waals surface area contributed by atoms with E-state index in [4.69, 9.17) is 5.73 Å². The van der Waals surface area contributed by atoms with Crippen LogP contribution in [0.4, 0.5) is 5.69 Å². The van der Waals surface area contributed by atoms with Gasteiger partial charge >= 0.3 is 0 Å². The van der Waals surface area contributed by atoms with Crippen molar-refractivity contribution in [3.05, 3.63) is 30.3 Å². The number of nitrogens with one attached hydrogen (secondary N) is 1. The average Bonchev–Trinajstić information content (AvgIpc) is 2.40. The maximum atomic E-state index is 12.0. The summed E-state index contributed by atoms with van der Waals surface area (Å²) in [4.78, 5) is 14.2. The number of nitrogens with two attached hydrogens (primary N) is 1. The zero-order valence-corrected chi connectivity index (χ0v) is 11.5. The van der Waals surface area contributed by atoms with Crippen molar-refractivity contribution >= 4 is 11.6 Å². The van der Waals surface area contributed by atoms with Gasteiger partial charge in [-0.15, -0.1) is 0 Å². The molecule has 4 heteroatoms. The molecule has 1 aromatic carbocycles. The second-order valence-corrected chi connectivity index (χ2v) is 5.41. The molecule has 19 heavy (non-hydrogen) atoms. The summed E-state index contributed by atoms with van der Waals surface area (Å²) >= 11 is 0. The number of amides is 1. The largest absolute Gasteiger partial charge is 0.330 e. The third kappa shape index (κ3) is 4.04. The van der Waals surface area contributed by atoms with Crippen LogP contribution in [0.25, 0.3) is 0 Å². The molecule has 2 unspecified atom stereocenters. The Morgan fingerprint density at radius 1 is 1.42 bits per heavy atom. The second kappa shape index (κ2) is 6.68. The number of piperidine rings is 1. The first-order valence-corrected chi connectivity index (χ1v) is 6.96. The quantitative estimate of drug-likeness (QED) is 0.864. The molecule has 1 aliphatic heterocycles. The highest BCUT2D eigenvalue weighted by atomic mass is 16.2. The van der Waals surface area contributed by atoms with Crippen LogP contribution in [0.1, 0.15) is 13.3 Å². The molecule has 0 aliphatic carbocycles. The molecular formula is C15H23N3O. The number of nitrogens with zero attached hydrogens (tertiary/aromatic N) is 1. The Labute approximate surface area is 115 Å².